The minimum absolute atomic E-state index is 0.353. The quantitative estimate of drug-likeness (QED) is 0.946. The van der Waals surface area contributed by atoms with Crippen LogP contribution in [0.25, 0.3) is 0 Å². The van der Waals surface area contributed by atoms with E-state index in [0.29, 0.717) is 27.8 Å². The molecule has 0 unspecified atom stereocenters. The number of hydrogen-bond acceptors (Lipinski definition) is 4. The number of hydrogen-bond donors (Lipinski definition) is 1. The minimum Gasteiger partial charge on any atom is -0.472 e. The van der Waals surface area contributed by atoms with Crippen molar-refractivity contribution in [3.63, 3.8) is 0 Å². The molecule has 4 nitrogen and oxygen atoms in total. The van der Waals surface area contributed by atoms with Crippen LogP contribution in [0.15, 0.2) is 35.1 Å². The van der Waals surface area contributed by atoms with Crippen molar-refractivity contribution in [3.8, 4) is 5.88 Å². The Morgan fingerprint density at radius 3 is 2.65 bits per heavy atom. The second-order valence-electron chi connectivity index (χ2n) is 3.29. The first-order valence-electron chi connectivity index (χ1n) is 4.80. The smallest absolute Gasteiger partial charge is 0.233 e. The van der Waals surface area contributed by atoms with Crippen LogP contribution < -0.4 is 10.5 Å². The molecule has 6 heteroatoms. The molecule has 0 fully saturated rings. The Kier molecular flexibility index (Phi) is 3.81. The van der Waals surface area contributed by atoms with Crippen molar-refractivity contribution in [2.75, 3.05) is 5.73 Å². The average Bonchev–Trinajstić information content (AvgIpc) is 2.33. The number of rotatable bonds is 3. The van der Waals surface area contributed by atoms with Crippen LogP contribution >= 0.6 is 27.5 Å². The Bertz CT molecular complexity index is 519. The zero-order valence-electron chi connectivity index (χ0n) is 8.73. The molecule has 17 heavy (non-hydrogen) atoms. The number of nitrogens with zero attached hydrogens (tertiary/aromatic N) is 2. The molecular formula is C11H9BrClN3O. The number of aromatic nitrogens is 2. The predicted octanol–water partition coefficient (Wildman–Crippen LogP) is 3.05. The van der Waals surface area contributed by atoms with E-state index in [1.807, 2.05) is 24.3 Å². The molecule has 0 radical (unpaired) electrons. The van der Waals surface area contributed by atoms with E-state index < -0.39 is 0 Å². The second-order valence-corrected chi connectivity index (χ2v) is 4.52. The van der Waals surface area contributed by atoms with Gasteiger partial charge < -0.3 is 10.5 Å². The second kappa shape index (κ2) is 5.33. The maximum Gasteiger partial charge on any atom is 0.233 e. The van der Waals surface area contributed by atoms with Crippen LogP contribution in [0.5, 0.6) is 5.88 Å². The van der Waals surface area contributed by atoms with Crippen molar-refractivity contribution in [1.82, 2.24) is 9.97 Å². The lowest BCUT2D eigenvalue weighted by atomic mass is 10.2. The van der Waals surface area contributed by atoms with Gasteiger partial charge in [0.15, 0.2) is 0 Å². The summed E-state index contributed by atoms with van der Waals surface area (Å²) in [6.45, 7) is 0.395. The van der Waals surface area contributed by atoms with Crippen molar-refractivity contribution < 1.29 is 4.74 Å². The van der Waals surface area contributed by atoms with Gasteiger partial charge in [0.1, 0.15) is 23.2 Å². The molecule has 88 valence electrons. The molecule has 1 aromatic heterocycles. The average molecular weight is 315 g/mol. The summed E-state index contributed by atoms with van der Waals surface area (Å²) in [5.74, 6) is 0.776. The molecule has 0 aliphatic carbocycles. The van der Waals surface area contributed by atoms with Crippen LogP contribution in [0.4, 0.5) is 5.82 Å². The molecule has 2 N–H and O–H groups in total. The predicted molar refractivity (Wildman–Crippen MR) is 69.9 cm³/mol. The van der Waals surface area contributed by atoms with E-state index in [1.165, 1.54) is 6.33 Å². The lowest BCUT2D eigenvalue weighted by molar-refractivity contribution is 0.291. The van der Waals surface area contributed by atoms with Gasteiger partial charge in [-0.05, 0) is 33.6 Å². The van der Waals surface area contributed by atoms with Gasteiger partial charge in [-0.15, -0.1) is 0 Å². The third-order valence-corrected chi connectivity index (χ3v) is 3.07. The summed E-state index contributed by atoms with van der Waals surface area (Å²) in [7, 11) is 0. The van der Waals surface area contributed by atoms with Crippen molar-refractivity contribution in [3.05, 3.63) is 45.7 Å². The third-order valence-electron chi connectivity index (χ3n) is 2.07. The molecule has 2 aromatic rings. The molecule has 0 aliphatic heterocycles. The van der Waals surface area contributed by atoms with Crippen molar-refractivity contribution in [1.29, 1.82) is 0 Å². The van der Waals surface area contributed by atoms with Gasteiger partial charge in [0.05, 0.1) is 0 Å². The monoisotopic (exact) mass is 313 g/mol. The molecular weight excluding hydrogens is 305 g/mol. The zero-order valence-corrected chi connectivity index (χ0v) is 11.1. The van der Waals surface area contributed by atoms with E-state index >= 15 is 0 Å². The molecule has 0 amide bonds. The number of benzene rings is 1. The topological polar surface area (TPSA) is 61.0 Å². The van der Waals surface area contributed by atoms with E-state index in [4.69, 9.17) is 22.1 Å². The number of halogens is 2. The van der Waals surface area contributed by atoms with Crippen LogP contribution in [0, 0.1) is 0 Å². The van der Waals surface area contributed by atoms with Crippen molar-refractivity contribution >= 4 is 33.3 Å². The molecule has 1 aromatic carbocycles. The van der Waals surface area contributed by atoms with Crippen LogP contribution in [-0.4, -0.2) is 9.97 Å². The number of nitrogen functional groups attached to an aromatic ring is 1. The fourth-order valence-corrected chi connectivity index (χ4v) is 1.64. The maximum atomic E-state index is 5.79. The molecule has 0 bridgehead atoms. The molecule has 0 saturated carbocycles. The van der Waals surface area contributed by atoms with Gasteiger partial charge in [0.2, 0.25) is 5.88 Å². The first-order chi connectivity index (χ1) is 8.16. The lowest BCUT2D eigenvalue weighted by Crippen LogP contribution is -2.01. The molecule has 0 aliphatic rings. The van der Waals surface area contributed by atoms with Gasteiger partial charge in [-0.1, -0.05) is 23.7 Å². The van der Waals surface area contributed by atoms with Crippen molar-refractivity contribution in [2.24, 2.45) is 0 Å². The fourth-order valence-electron chi connectivity index (χ4n) is 1.20. The van der Waals surface area contributed by atoms with Gasteiger partial charge >= 0.3 is 0 Å². The summed E-state index contributed by atoms with van der Waals surface area (Å²) in [6.07, 6.45) is 1.36. The number of nitrogens with two attached hydrogens (primary N) is 1. The molecule has 2 rings (SSSR count). The van der Waals surface area contributed by atoms with Gasteiger partial charge in [0, 0.05) is 5.02 Å². The van der Waals surface area contributed by atoms with E-state index in [9.17, 15) is 0 Å². The Morgan fingerprint density at radius 2 is 1.94 bits per heavy atom. The van der Waals surface area contributed by atoms with E-state index in [2.05, 4.69) is 25.9 Å². The summed E-state index contributed by atoms with van der Waals surface area (Å²) < 4.78 is 6.09. The van der Waals surface area contributed by atoms with Crippen LogP contribution in [-0.2, 0) is 6.61 Å². The highest BCUT2D eigenvalue weighted by Gasteiger charge is 2.07. The van der Waals surface area contributed by atoms with Gasteiger partial charge in [0.25, 0.3) is 0 Å². The summed E-state index contributed by atoms with van der Waals surface area (Å²) >= 11 is 9.06. The largest absolute Gasteiger partial charge is 0.472 e. The Morgan fingerprint density at radius 1 is 1.24 bits per heavy atom. The maximum absolute atomic E-state index is 5.79. The summed E-state index contributed by atoms with van der Waals surface area (Å²) in [5.41, 5.74) is 6.61. The Labute approximate surface area is 112 Å². The van der Waals surface area contributed by atoms with E-state index in [-0.39, 0.29) is 0 Å². The third kappa shape index (κ3) is 3.08. The van der Waals surface area contributed by atoms with Crippen LogP contribution in [0.2, 0.25) is 5.02 Å². The Hall–Kier alpha value is -1.33. The summed E-state index contributed by atoms with van der Waals surface area (Å²) in [6, 6.07) is 7.40. The molecule has 0 spiro atoms. The van der Waals surface area contributed by atoms with Crippen LogP contribution in [0.3, 0.4) is 0 Å². The highest BCUT2D eigenvalue weighted by atomic mass is 79.9. The van der Waals surface area contributed by atoms with Crippen LogP contribution in [0.1, 0.15) is 5.56 Å². The Balaban J connectivity index is 2.07. The normalized spacial score (nSPS) is 10.2. The SMILES string of the molecule is Nc1ncnc(OCc2ccc(Cl)cc2)c1Br. The highest BCUT2D eigenvalue weighted by Crippen LogP contribution is 2.26. The highest BCUT2D eigenvalue weighted by molar-refractivity contribution is 9.10. The summed E-state index contributed by atoms with van der Waals surface area (Å²) in [4.78, 5) is 7.81. The zero-order chi connectivity index (χ0) is 12.3. The summed E-state index contributed by atoms with van der Waals surface area (Å²) in [5, 5.41) is 0.696. The first-order valence-corrected chi connectivity index (χ1v) is 5.97. The standard InChI is InChI=1S/C11H9BrClN3O/c12-9-10(14)15-6-16-11(9)17-5-7-1-3-8(13)4-2-7/h1-4,6H,5H2,(H2,14,15,16). The molecule has 0 atom stereocenters. The molecule has 0 saturated heterocycles. The van der Waals surface area contributed by atoms with Gasteiger partial charge in [-0.3, -0.25) is 0 Å². The lowest BCUT2D eigenvalue weighted by Gasteiger charge is -2.07. The van der Waals surface area contributed by atoms with Gasteiger partial charge in [-0.2, -0.15) is 0 Å². The number of anilines is 1. The number of ether oxygens (including phenoxy) is 1. The van der Waals surface area contributed by atoms with E-state index in [0.717, 1.165) is 5.56 Å². The van der Waals surface area contributed by atoms with Gasteiger partial charge in [-0.25, -0.2) is 9.97 Å². The molecule has 1 heterocycles. The minimum atomic E-state index is 0.353. The van der Waals surface area contributed by atoms with E-state index in [1.54, 1.807) is 0 Å². The first kappa shape index (κ1) is 12.1. The van der Waals surface area contributed by atoms with Crippen molar-refractivity contribution in [2.45, 2.75) is 6.61 Å². The fraction of sp³-hybridized carbons (Fsp3) is 0.0909.